The number of carbonyl (C=O) groups is 1. The maximum Gasteiger partial charge on any atom is 0.258 e. The van der Waals surface area contributed by atoms with Gasteiger partial charge in [-0.25, -0.2) is 4.98 Å². The number of pyridine rings is 1. The Balaban J connectivity index is 1.64. The van der Waals surface area contributed by atoms with Crippen molar-refractivity contribution in [2.45, 2.75) is 13.5 Å². The number of anilines is 2. The van der Waals surface area contributed by atoms with Crippen molar-refractivity contribution in [3.63, 3.8) is 0 Å². The van der Waals surface area contributed by atoms with Crippen molar-refractivity contribution in [3.05, 3.63) is 78.0 Å². The van der Waals surface area contributed by atoms with Crippen LogP contribution in [0.1, 0.15) is 21.6 Å². The topological polar surface area (TPSA) is 71.0 Å². The lowest BCUT2D eigenvalue weighted by atomic mass is 10.1. The van der Waals surface area contributed by atoms with Gasteiger partial charge in [0.1, 0.15) is 5.82 Å². The Labute approximate surface area is 146 Å². The van der Waals surface area contributed by atoms with Crippen LogP contribution in [0.5, 0.6) is 0 Å². The standard InChI is InChI=1S/C19H19N5O/c1-14-11-21-13-18(23-14)22-12-15-3-5-17(6-4-15)24(2)19(25)16-7-9-20-10-8-16/h3-11,13H,12H2,1-2H3,(H,22,23). The minimum atomic E-state index is -0.0664. The summed E-state index contributed by atoms with van der Waals surface area (Å²) in [6.07, 6.45) is 6.65. The lowest BCUT2D eigenvalue weighted by Gasteiger charge is -2.17. The third-order valence-electron chi connectivity index (χ3n) is 3.78. The van der Waals surface area contributed by atoms with Crippen LogP contribution in [0.4, 0.5) is 11.5 Å². The molecule has 0 aliphatic carbocycles. The van der Waals surface area contributed by atoms with E-state index < -0.39 is 0 Å². The van der Waals surface area contributed by atoms with Crippen LogP contribution in [0.3, 0.4) is 0 Å². The lowest BCUT2D eigenvalue weighted by Crippen LogP contribution is -2.26. The van der Waals surface area contributed by atoms with E-state index in [9.17, 15) is 4.79 Å². The van der Waals surface area contributed by atoms with Gasteiger partial charge in [-0.3, -0.25) is 14.8 Å². The van der Waals surface area contributed by atoms with Gasteiger partial charge in [-0.05, 0) is 36.8 Å². The van der Waals surface area contributed by atoms with E-state index in [4.69, 9.17) is 0 Å². The van der Waals surface area contributed by atoms with Crippen molar-refractivity contribution in [2.24, 2.45) is 0 Å². The second-order valence-corrected chi connectivity index (χ2v) is 5.67. The number of hydrogen-bond acceptors (Lipinski definition) is 5. The van der Waals surface area contributed by atoms with Gasteiger partial charge in [0.15, 0.2) is 0 Å². The van der Waals surface area contributed by atoms with Crippen LogP contribution >= 0.6 is 0 Å². The highest BCUT2D eigenvalue weighted by atomic mass is 16.2. The molecule has 0 spiro atoms. The van der Waals surface area contributed by atoms with Crippen LogP contribution in [0.2, 0.25) is 0 Å². The van der Waals surface area contributed by atoms with Gasteiger partial charge in [0, 0.05) is 43.4 Å². The molecule has 3 aromatic rings. The molecule has 0 bridgehead atoms. The summed E-state index contributed by atoms with van der Waals surface area (Å²) in [5.41, 5.74) is 3.41. The normalized spacial score (nSPS) is 10.3. The van der Waals surface area contributed by atoms with Gasteiger partial charge in [0.25, 0.3) is 5.91 Å². The minimum absolute atomic E-state index is 0.0664. The molecule has 6 nitrogen and oxygen atoms in total. The van der Waals surface area contributed by atoms with E-state index in [0.717, 1.165) is 22.8 Å². The zero-order chi connectivity index (χ0) is 17.6. The molecule has 2 heterocycles. The monoisotopic (exact) mass is 333 g/mol. The zero-order valence-electron chi connectivity index (χ0n) is 14.2. The van der Waals surface area contributed by atoms with Gasteiger partial charge in [0.2, 0.25) is 0 Å². The van der Waals surface area contributed by atoms with Crippen LogP contribution in [0.25, 0.3) is 0 Å². The Morgan fingerprint density at radius 1 is 1.04 bits per heavy atom. The third kappa shape index (κ3) is 4.17. The fraction of sp³-hybridized carbons (Fsp3) is 0.158. The first-order chi connectivity index (χ1) is 12.1. The highest BCUT2D eigenvalue weighted by Gasteiger charge is 2.12. The molecular formula is C19H19N5O. The maximum absolute atomic E-state index is 12.4. The van der Waals surface area contributed by atoms with Gasteiger partial charge in [-0.1, -0.05) is 12.1 Å². The highest BCUT2D eigenvalue weighted by Crippen LogP contribution is 2.17. The number of aryl methyl sites for hydroxylation is 1. The number of amides is 1. The van der Waals surface area contributed by atoms with Crippen molar-refractivity contribution in [3.8, 4) is 0 Å². The lowest BCUT2D eigenvalue weighted by molar-refractivity contribution is 0.0993. The first kappa shape index (κ1) is 16.6. The zero-order valence-corrected chi connectivity index (χ0v) is 14.2. The summed E-state index contributed by atoms with van der Waals surface area (Å²) in [6, 6.07) is 11.2. The molecule has 0 atom stereocenters. The van der Waals surface area contributed by atoms with Crippen LogP contribution < -0.4 is 10.2 Å². The molecule has 0 aliphatic heterocycles. The average Bonchev–Trinajstić information content (AvgIpc) is 2.66. The summed E-state index contributed by atoms with van der Waals surface area (Å²) < 4.78 is 0. The highest BCUT2D eigenvalue weighted by molar-refractivity contribution is 6.05. The van der Waals surface area contributed by atoms with Gasteiger partial charge in [0.05, 0.1) is 11.9 Å². The maximum atomic E-state index is 12.4. The summed E-state index contributed by atoms with van der Waals surface area (Å²) >= 11 is 0. The number of nitrogens with one attached hydrogen (secondary N) is 1. The average molecular weight is 333 g/mol. The quantitative estimate of drug-likeness (QED) is 0.777. The number of nitrogens with zero attached hydrogens (tertiary/aromatic N) is 4. The molecule has 126 valence electrons. The number of rotatable bonds is 5. The smallest absolute Gasteiger partial charge is 0.258 e. The molecular weight excluding hydrogens is 314 g/mol. The molecule has 1 aromatic carbocycles. The first-order valence-electron chi connectivity index (χ1n) is 7.93. The summed E-state index contributed by atoms with van der Waals surface area (Å²) in [7, 11) is 1.76. The third-order valence-corrected chi connectivity index (χ3v) is 3.78. The fourth-order valence-electron chi connectivity index (χ4n) is 2.38. The molecule has 2 aromatic heterocycles. The van der Waals surface area contributed by atoms with E-state index in [1.54, 1.807) is 48.9 Å². The Morgan fingerprint density at radius 2 is 1.76 bits per heavy atom. The van der Waals surface area contributed by atoms with Crippen LogP contribution in [0, 0.1) is 6.92 Å². The molecule has 25 heavy (non-hydrogen) atoms. The Kier molecular flexibility index (Phi) is 4.99. The summed E-state index contributed by atoms with van der Waals surface area (Å²) in [4.78, 5) is 26.5. The second kappa shape index (κ2) is 7.53. The van der Waals surface area contributed by atoms with Crippen LogP contribution in [-0.4, -0.2) is 27.9 Å². The summed E-state index contributed by atoms with van der Waals surface area (Å²) in [6.45, 7) is 2.54. The van der Waals surface area contributed by atoms with E-state index in [2.05, 4.69) is 20.3 Å². The van der Waals surface area contributed by atoms with Crippen molar-refractivity contribution >= 4 is 17.4 Å². The fourth-order valence-corrected chi connectivity index (χ4v) is 2.38. The largest absolute Gasteiger partial charge is 0.365 e. The van der Waals surface area contributed by atoms with E-state index in [1.165, 1.54) is 0 Å². The molecule has 0 unspecified atom stereocenters. The van der Waals surface area contributed by atoms with Crippen molar-refractivity contribution in [1.29, 1.82) is 0 Å². The molecule has 0 saturated heterocycles. The molecule has 1 amide bonds. The van der Waals surface area contributed by atoms with Gasteiger partial charge in [-0.2, -0.15) is 0 Å². The summed E-state index contributed by atoms with van der Waals surface area (Å²) in [5.74, 6) is 0.678. The van der Waals surface area contributed by atoms with Crippen LogP contribution in [0.15, 0.2) is 61.2 Å². The van der Waals surface area contributed by atoms with Gasteiger partial charge >= 0.3 is 0 Å². The molecule has 0 radical (unpaired) electrons. The second-order valence-electron chi connectivity index (χ2n) is 5.67. The molecule has 0 saturated carbocycles. The van der Waals surface area contributed by atoms with Crippen molar-refractivity contribution in [2.75, 3.05) is 17.3 Å². The molecule has 6 heteroatoms. The molecule has 1 N–H and O–H groups in total. The number of carbonyl (C=O) groups excluding carboxylic acids is 1. The van der Waals surface area contributed by atoms with Crippen molar-refractivity contribution in [1.82, 2.24) is 15.0 Å². The summed E-state index contributed by atoms with van der Waals surface area (Å²) in [5, 5.41) is 3.24. The molecule has 0 fully saturated rings. The minimum Gasteiger partial charge on any atom is -0.365 e. The van der Waals surface area contributed by atoms with E-state index in [0.29, 0.717) is 12.1 Å². The number of benzene rings is 1. The molecule has 3 rings (SSSR count). The SMILES string of the molecule is Cc1cncc(NCc2ccc(N(C)C(=O)c3ccncc3)cc2)n1. The van der Waals surface area contributed by atoms with E-state index >= 15 is 0 Å². The van der Waals surface area contributed by atoms with E-state index in [-0.39, 0.29) is 5.91 Å². The first-order valence-corrected chi connectivity index (χ1v) is 7.93. The predicted octanol–water partition coefficient (Wildman–Crippen LogP) is 3.07. The number of aromatic nitrogens is 3. The van der Waals surface area contributed by atoms with Crippen LogP contribution in [-0.2, 0) is 6.54 Å². The molecule has 0 aliphatic rings. The predicted molar refractivity (Wildman–Crippen MR) is 97.5 cm³/mol. The Bertz CT molecular complexity index is 849. The van der Waals surface area contributed by atoms with Crippen molar-refractivity contribution < 1.29 is 4.79 Å². The Morgan fingerprint density at radius 3 is 2.44 bits per heavy atom. The Hall–Kier alpha value is -3.28. The number of hydrogen-bond donors (Lipinski definition) is 1. The van der Waals surface area contributed by atoms with E-state index in [1.807, 2.05) is 31.2 Å². The van der Waals surface area contributed by atoms with Gasteiger partial charge in [-0.15, -0.1) is 0 Å². The van der Waals surface area contributed by atoms with Gasteiger partial charge < -0.3 is 10.2 Å².